The van der Waals surface area contributed by atoms with E-state index in [9.17, 15) is 0 Å². The Kier molecular flexibility index (Phi) is 3.87. The van der Waals surface area contributed by atoms with E-state index in [4.69, 9.17) is 11.6 Å². The molecule has 94 valence electrons. The minimum absolute atomic E-state index is 0.591. The molecule has 1 aromatic rings. The van der Waals surface area contributed by atoms with Gasteiger partial charge in [-0.15, -0.1) is 0 Å². The van der Waals surface area contributed by atoms with Crippen LogP contribution >= 0.6 is 11.6 Å². The molecule has 0 radical (unpaired) electrons. The zero-order chi connectivity index (χ0) is 12.4. The summed E-state index contributed by atoms with van der Waals surface area (Å²) in [6, 6.07) is 0.604. The molecule has 3 nitrogen and oxygen atoms in total. The fraction of sp³-hybridized carbons (Fsp3) is 0.692. The standard InChI is InChI=1S/C13H20ClN3/c1-4-11-7-5-6-8-17(11)13-9(2)12(14)15-10(3)16-13/h11H,4-8H2,1-3H3. The first-order chi connectivity index (χ1) is 8.13. The Labute approximate surface area is 108 Å². The first-order valence-corrected chi connectivity index (χ1v) is 6.78. The van der Waals surface area contributed by atoms with Gasteiger partial charge in [0, 0.05) is 18.2 Å². The van der Waals surface area contributed by atoms with Gasteiger partial charge in [-0.25, -0.2) is 9.97 Å². The Bertz CT molecular complexity index is 406. The van der Waals surface area contributed by atoms with Gasteiger partial charge >= 0.3 is 0 Å². The molecule has 1 unspecified atom stereocenters. The van der Waals surface area contributed by atoms with Crippen molar-refractivity contribution in [2.24, 2.45) is 0 Å². The minimum atomic E-state index is 0.591. The maximum absolute atomic E-state index is 6.15. The zero-order valence-corrected chi connectivity index (χ0v) is 11.6. The van der Waals surface area contributed by atoms with Gasteiger partial charge in [0.05, 0.1) is 0 Å². The molecule has 1 aromatic heterocycles. The van der Waals surface area contributed by atoms with E-state index >= 15 is 0 Å². The predicted molar refractivity (Wildman–Crippen MR) is 71.8 cm³/mol. The molecule has 1 fully saturated rings. The van der Waals surface area contributed by atoms with Crippen LogP contribution in [0.2, 0.25) is 5.15 Å². The van der Waals surface area contributed by atoms with Crippen LogP contribution in [0, 0.1) is 13.8 Å². The molecule has 0 amide bonds. The summed E-state index contributed by atoms with van der Waals surface area (Å²) in [7, 11) is 0. The molecule has 0 N–H and O–H groups in total. The van der Waals surface area contributed by atoms with Crippen LogP contribution in [0.4, 0.5) is 5.82 Å². The maximum Gasteiger partial charge on any atom is 0.137 e. The Balaban J connectivity index is 2.37. The number of hydrogen-bond acceptors (Lipinski definition) is 3. The van der Waals surface area contributed by atoms with Gasteiger partial charge in [-0.1, -0.05) is 18.5 Å². The van der Waals surface area contributed by atoms with Crippen molar-refractivity contribution in [1.29, 1.82) is 0 Å². The van der Waals surface area contributed by atoms with E-state index < -0.39 is 0 Å². The first kappa shape index (κ1) is 12.6. The second-order valence-corrected chi connectivity index (χ2v) is 5.12. The van der Waals surface area contributed by atoms with Crippen molar-refractivity contribution in [3.8, 4) is 0 Å². The van der Waals surface area contributed by atoms with E-state index in [0.717, 1.165) is 23.8 Å². The molecular weight excluding hydrogens is 234 g/mol. The Morgan fingerprint density at radius 1 is 1.29 bits per heavy atom. The second-order valence-electron chi connectivity index (χ2n) is 4.76. The SMILES string of the molecule is CCC1CCCCN1c1nc(C)nc(Cl)c1C. The van der Waals surface area contributed by atoms with Crippen LogP contribution in [-0.4, -0.2) is 22.6 Å². The van der Waals surface area contributed by atoms with Crippen LogP contribution < -0.4 is 4.90 Å². The summed E-state index contributed by atoms with van der Waals surface area (Å²) in [4.78, 5) is 11.2. The molecule has 1 aliphatic heterocycles. The summed E-state index contributed by atoms with van der Waals surface area (Å²) in [5, 5.41) is 0.591. The van der Waals surface area contributed by atoms with Crippen LogP contribution in [0.1, 0.15) is 44.0 Å². The summed E-state index contributed by atoms with van der Waals surface area (Å²) >= 11 is 6.15. The van der Waals surface area contributed by atoms with Crippen molar-refractivity contribution in [1.82, 2.24) is 9.97 Å². The third-order valence-corrected chi connectivity index (χ3v) is 3.91. The van der Waals surface area contributed by atoms with Gasteiger partial charge in [0.25, 0.3) is 0 Å². The van der Waals surface area contributed by atoms with Crippen LogP contribution in [0.15, 0.2) is 0 Å². The predicted octanol–water partition coefficient (Wildman–Crippen LogP) is 3.52. The lowest BCUT2D eigenvalue weighted by atomic mass is 9.99. The lowest BCUT2D eigenvalue weighted by Crippen LogP contribution is -2.40. The van der Waals surface area contributed by atoms with E-state index in [1.807, 2.05) is 13.8 Å². The highest BCUT2D eigenvalue weighted by molar-refractivity contribution is 6.30. The average molecular weight is 254 g/mol. The lowest BCUT2D eigenvalue weighted by Gasteiger charge is -2.37. The van der Waals surface area contributed by atoms with Gasteiger partial charge in [0.2, 0.25) is 0 Å². The van der Waals surface area contributed by atoms with Gasteiger partial charge < -0.3 is 4.90 Å². The van der Waals surface area contributed by atoms with Gasteiger partial charge in [0.1, 0.15) is 16.8 Å². The first-order valence-electron chi connectivity index (χ1n) is 6.41. The highest BCUT2D eigenvalue weighted by Gasteiger charge is 2.24. The number of piperidine rings is 1. The topological polar surface area (TPSA) is 29.0 Å². The van der Waals surface area contributed by atoms with E-state index in [1.165, 1.54) is 25.7 Å². The molecule has 4 heteroatoms. The number of hydrogen-bond donors (Lipinski definition) is 0. The lowest BCUT2D eigenvalue weighted by molar-refractivity contribution is 0.445. The molecule has 0 saturated carbocycles. The van der Waals surface area contributed by atoms with Crippen molar-refractivity contribution >= 4 is 17.4 Å². The molecule has 1 atom stereocenters. The van der Waals surface area contributed by atoms with Crippen molar-refractivity contribution in [2.45, 2.75) is 52.5 Å². The molecule has 17 heavy (non-hydrogen) atoms. The van der Waals surface area contributed by atoms with E-state index in [2.05, 4.69) is 21.8 Å². The largest absolute Gasteiger partial charge is 0.353 e. The third kappa shape index (κ3) is 2.54. The normalized spacial score (nSPS) is 20.7. The van der Waals surface area contributed by atoms with Crippen LogP contribution in [-0.2, 0) is 0 Å². The number of rotatable bonds is 2. The fourth-order valence-corrected chi connectivity index (χ4v) is 2.77. The highest BCUT2D eigenvalue weighted by Crippen LogP contribution is 2.30. The number of nitrogens with zero attached hydrogens (tertiary/aromatic N) is 3. The summed E-state index contributed by atoms with van der Waals surface area (Å²) < 4.78 is 0. The van der Waals surface area contributed by atoms with Gasteiger partial charge in [-0.05, 0) is 39.5 Å². The zero-order valence-electron chi connectivity index (χ0n) is 10.8. The maximum atomic E-state index is 6.15. The summed E-state index contributed by atoms with van der Waals surface area (Å²) in [5.41, 5.74) is 1.01. The average Bonchev–Trinajstić information content (AvgIpc) is 2.33. The molecule has 1 aliphatic rings. The van der Waals surface area contributed by atoms with Gasteiger partial charge in [-0.2, -0.15) is 0 Å². The van der Waals surface area contributed by atoms with Crippen LogP contribution in [0.25, 0.3) is 0 Å². The third-order valence-electron chi connectivity index (χ3n) is 3.54. The molecule has 0 spiro atoms. The van der Waals surface area contributed by atoms with Crippen LogP contribution in [0.3, 0.4) is 0 Å². The number of aromatic nitrogens is 2. The smallest absolute Gasteiger partial charge is 0.137 e. The summed E-state index contributed by atoms with van der Waals surface area (Å²) in [6.45, 7) is 7.25. The quantitative estimate of drug-likeness (QED) is 0.756. The molecule has 0 aromatic carbocycles. The molecule has 0 bridgehead atoms. The number of aryl methyl sites for hydroxylation is 1. The van der Waals surface area contributed by atoms with Crippen molar-refractivity contribution < 1.29 is 0 Å². The summed E-state index contributed by atoms with van der Waals surface area (Å²) in [5.74, 6) is 1.80. The molecule has 1 saturated heterocycles. The fourth-order valence-electron chi connectivity index (χ4n) is 2.56. The van der Waals surface area contributed by atoms with Crippen molar-refractivity contribution in [2.75, 3.05) is 11.4 Å². The summed E-state index contributed by atoms with van der Waals surface area (Å²) in [6.07, 6.45) is 5.00. The molecule has 2 rings (SSSR count). The molecule has 0 aliphatic carbocycles. The van der Waals surface area contributed by atoms with Crippen molar-refractivity contribution in [3.63, 3.8) is 0 Å². The van der Waals surface area contributed by atoms with Crippen molar-refractivity contribution in [3.05, 3.63) is 16.5 Å². The monoisotopic (exact) mass is 253 g/mol. The van der Waals surface area contributed by atoms with E-state index in [0.29, 0.717) is 11.2 Å². The van der Waals surface area contributed by atoms with Gasteiger partial charge in [0.15, 0.2) is 0 Å². The van der Waals surface area contributed by atoms with Crippen LogP contribution in [0.5, 0.6) is 0 Å². The highest BCUT2D eigenvalue weighted by atomic mass is 35.5. The Hall–Kier alpha value is -0.830. The Morgan fingerprint density at radius 2 is 2.06 bits per heavy atom. The minimum Gasteiger partial charge on any atom is -0.353 e. The Morgan fingerprint density at radius 3 is 2.76 bits per heavy atom. The molecule has 2 heterocycles. The number of halogens is 1. The number of anilines is 1. The second kappa shape index (κ2) is 5.21. The van der Waals surface area contributed by atoms with E-state index in [-0.39, 0.29) is 0 Å². The van der Waals surface area contributed by atoms with E-state index in [1.54, 1.807) is 0 Å². The molecular formula is C13H20ClN3. The van der Waals surface area contributed by atoms with Gasteiger partial charge in [-0.3, -0.25) is 0 Å².